The molecule has 41 heavy (non-hydrogen) atoms. The van der Waals surface area contributed by atoms with Gasteiger partial charge in [0.2, 0.25) is 5.91 Å². The Morgan fingerprint density at radius 1 is 1.10 bits per heavy atom. The number of aromatic nitrogens is 2. The van der Waals surface area contributed by atoms with Crippen molar-refractivity contribution < 1.29 is 26.8 Å². The number of urea groups is 1. The second kappa shape index (κ2) is 12.0. The van der Waals surface area contributed by atoms with Crippen LogP contribution in [0.4, 0.5) is 25.1 Å². The Balaban J connectivity index is 0.00000387. The number of fused-ring (bicyclic) bond motifs is 2. The average molecular weight is 621 g/mol. The van der Waals surface area contributed by atoms with Gasteiger partial charge < -0.3 is 10.2 Å². The fraction of sp³-hybridized carbons (Fsp3) is 0.231. The second-order valence-corrected chi connectivity index (χ2v) is 11.9. The van der Waals surface area contributed by atoms with E-state index < -0.39 is 39.8 Å². The Morgan fingerprint density at radius 3 is 2.56 bits per heavy atom. The summed E-state index contributed by atoms with van der Waals surface area (Å²) in [6.45, 7) is 0.0963. The van der Waals surface area contributed by atoms with E-state index in [-0.39, 0.29) is 37.8 Å². The van der Waals surface area contributed by atoms with E-state index in [1.54, 1.807) is 35.8 Å². The van der Waals surface area contributed by atoms with E-state index in [0.717, 1.165) is 33.7 Å². The Hall–Kier alpha value is -3.82. The number of halogens is 2. The molecule has 216 valence electrons. The Labute approximate surface area is 246 Å². The molecule has 0 unspecified atom stereocenters. The summed E-state index contributed by atoms with van der Waals surface area (Å²) in [5.41, 5.74) is 3.62. The minimum absolute atomic E-state index is 0. The van der Waals surface area contributed by atoms with Crippen LogP contribution >= 0.6 is 24.8 Å². The molecule has 10 nitrogen and oxygen atoms in total. The largest absolute Gasteiger partial charge is 0.332 e. The van der Waals surface area contributed by atoms with Crippen LogP contribution in [0.1, 0.15) is 11.1 Å². The number of rotatable bonds is 7. The van der Waals surface area contributed by atoms with Crippen LogP contribution in [-0.4, -0.2) is 61.3 Å². The van der Waals surface area contributed by atoms with Crippen LogP contribution < -0.4 is 14.5 Å². The SMILES string of the molecule is CN(C(=O)[C@H](Cc1cc(F)cc(F)c1)NC(=O)N(C)S(=O)(=O)N1CCc2cccnc21)c1ccc2scnc2c1.S. The van der Waals surface area contributed by atoms with Gasteiger partial charge in [-0.3, -0.25) is 4.79 Å². The first-order valence-corrected chi connectivity index (χ1v) is 14.4. The number of likely N-dealkylation sites (N-methyl/N-ethyl adjacent to an activating group) is 1. The summed E-state index contributed by atoms with van der Waals surface area (Å²) in [4.78, 5) is 36.6. The topological polar surface area (TPSA) is 116 Å². The van der Waals surface area contributed by atoms with Gasteiger partial charge in [-0.1, -0.05) is 6.07 Å². The quantitative estimate of drug-likeness (QED) is 0.338. The summed E-state index contributed by atoms with van der Waals surface area (Å²) in [6.07, 6.45) is 1.58. The molecule has 3 heterocycles. The zero-order valence-electron chi connectivity index (χ0n) is 21.9. The fourth-order valence-electron chi connectivity index (χ4n) is 4.48. The molecule has 3 amide bonds. The van der Waals surface area contributed by atoms with Crippen LogP contribution in [-0.2, 0) is 27.8 Å². The molecular formula is C26H26F2N6O4S3. The number of nitrogens with one attached hydrogen (secondary N) is 1. The molecule has 0 aliphatic carbocycles. The van der Waals surface area contributed by atoms with E-state index in [0.29, 0.717) is 28.0 Å². The molecule has 5 rings (SSSR count). The molecular weight excluding hydrogens is 595 g/mol. The van der Waals surface area contributed by atoms with Crippen molar-refractivity contribution in [2.75, 3.05) is 29.8 Å². The van der Waals surface area contributed by atoms with Gasteiger partial charge in [-0.25, -0.2) is 32.2 Å². The highest BCUT2D eigenvalue weighted by Gasteiger charge is 2.37. The van der Waals surface area contributed by atoms with Gasteiger partial charge in [0.25, 0.3) is 0 Å². The average Bonchev–Trinajstić information content (AvgIpc) is 3.58. The molecule has 0 saturated heterocycles. The molecule has 0 spiro atoms. The number of hydrogen-bond acceptors (Lipinski definition) is 7. The smallest absolute Gasteiger partial charge is 0.325 e. The van der Waals surface area contributed by atoms with Crippen molar-refractivity contribution in [3.63, 3.8) is 0 Å². The van der Waals surface area contributed by atoms with E-state index in [9.17, 15) is 26.8 Å². The van der Waals surface area contributed by atoms with Crippen molar-refractivity contribution in [3.05, 3.63) is 83.0 Å². The van der Waals surface area contributed by atoms with E-state index in [4.69, 9.17) is 0 Å². The van der Waals surface area contributed by atoms with Gasteiger partial charge >= 0.3 is 16.2 Å². The second-order valence-electron chi connectivity index (χ2n) is 9.17. The van der Waals surface area contributed by atoms with Gasteiger partial charge in [-0.05, 0) is 53.9 Å². The van der Waals surface area contributed by atoms with Crippen LogP contribution in [0.3, 0.4) is 0 Å². The maximum absolute atomic E-state index is 13.9. The lowest BCUT2D eigenvalue weighted by atomic mass is 10.0. The van der Waals surface area contributed by atoms with Crippen LogP contribution in [0.2, 0.25) is 0 Å². The summed E-state index contributed by atoms with van der Waals surface area (Å²) < 4.78 is 57.0. The molecule has 1 atom stereocenters. The van der Waals surface area contributed by atoms with Gasteiger partial charge in [0, 0.05) is 45.0 Å². The molecule has 2 aromatic carbocycles. The zero-order chi connectivity index (χ0) is 28.6. The predicted octanol–water partition coefficient (Wildman–Crippen LogP) is 3.61. The fourth-order valence-corrected chi connectivity index (χ4v) is 6.40. The van der Waals surface area contributed by atoms with Crippen LogP contribution in [0, 0.1) is 11.6 Å². The molecule has 1 N–H and O–H groups in total. The summed E-state index contributed by atoms with van der Waals surface area (Å²) in [6, 6.07) is 8.96. The van der Waals surface area contributed by atoms with Crippen LogP contribution in [0.15, 0.2) is 60.2 Å². The number of anilines is 2. The zero-order valence-corrected chi connectivity index (χ0v) is 24.5. The Morgan fingerprint density at radius 2 is 1.83 bits per heavy atom. The maximum Gasteiger partial charge on any atom is 0.332 e. The third-order valence-corrected chi connectivity index (χ3v) is 9.17. The van der Waals surface area contributed by atoms with E-state index in [1.807, 2.05) is 0 Å². The highest BCUT2D eigenvalue weighted by atomic mass is 32.2. The lowest BCUT2D eigenvalue weighted by Crippen LogP contribution is -2.55. The normalized spacial score (nSPS) is 13.3. The minimum Gasteiger partial charge on any atom is -0.325 e. The molecule has 15 heteroatoms. The van der Waals surface area contributed by atoms with Crippen molar-refractivity contribution in [2.24, 2.45) is 0 Å². The summed E-state index contributed by atoms with van der Waals surface area (Å²) in [5.74, 6) is -2.11. The van der Waals surface area contributed by atoms with E-state index in [2.05, 4.69) is 15.3 Å². The Bertz CT molecular complexity index is 1700. The van der Waals surface area contributed by atoms with Crippen LogP contribution in [0.5, 0.6) is 0 Å². The van der Waals surface area contributed by atoms with Gasteiger partial charge in [0.15, 0.2) is 0 Å². The third-order valence-electron chi connectivity index (χ3n) is 6.59. The minimum atomic E-state index is -4.36. The first kappa shape index (κ1) is 30.1. The number of amides is 3. The molecule has 1 aliphatic heterocycles. The molecule has 0 fully saturated rings. The molecule has 0 radical (unpaired) electrons. The van der Waals surface area contributed by atoms with Crippen molar-refractivity contribution in [2.45, 2.75) is 18.9 Å². The lowest BCUT2D eigenvalue weighted by molar-refractivity contribution is -0.120. The number of carbonyl (C=O) groups is 2. The highest BCUT2D eigenvalue weighted by molar-refractivity contribution is 7.91. The monoisotopic (exact) mass is 620 g/mol. The summed E-state index contributed by atoms with van der Waals surface area (Å²) >= 11 is 1.43. The number of benzene rings is 2. The lowest BCUT2D eigenvalue weighted by Gasteiger charge is -2.29. The molecule has 2 aromatic heterocycles. The standard InChI is InChI=1S/C26H24F2N6O4S2.H2S/c1-32(20-5-6-23-21(14-20)30-15-39-23)25(35)22(12-16-10-18(27)13-19(28)11-16)31-26(36)33(2)40(37,38)34-9-7-17-4-3-8-29-24(17)34;/h3-6,8,10-11,13-15,22H,7,9,12H2,1-2H3,(H,31,36);1H2/t22-;/m0./s1. The van der Waals surface area contributed by atoms with E-state index in [1.165, 1.54) is 29.5 Å². The van der Waals surface area contributed by atoms with Gasteiger partial charge in [0.1, 0.15) is 23.5 Å². The number of hydrogen-bond donors (Lipinski definition) is 1. The maximum atomic E-state index is 13.9. The van der Waals surface area contributed by atoms with Gasteiger partial charge in [-0.15, -0.1) is 11.3 Å². The van der Waals surface area contributed by atoms with Crippen molar-refractivity contribution in [1.29, 1.82) is 0 Å². The number of nitrogens with zero attached hydrogens (tertiary/aromatic N) is 5. The third kappa shape index (κ3) is 6.11. The number of thiazole rings is 1. The van der Waals surface area contributed by atoms with E-state index >= 15 is 0 Å². The molecule has 0 saturated carbocycles. The highest BCUT2D eigenvalue weighted by Crippen LogP contribution is 2.29. The first-order chi connectivity index (χ1) is 19.0. The Kier molecular flexibility index (Phi) is 8.80. The molecule has 4 aromatic rings. The predicted molar refractivity (Wildman–Crippen MR) is 158 cm³/mol. The van der Waals surface area contributed by atoms with Crippen molar-refractivity contribution in [3.8, 4) is 0 Å². The van der Waals surface area contributed by atoms with Gasteiger partial charge in [-0.2, -0.15) is 21.9 Å². The summed E-state index contributed by atoms with van der Waals surface area (Å²) in [7, 11) is -1.81. The molecule has 1 aliphatic rings. The van der Waals surface area contributed by atoms with Crippen molar-refractivity contribution in [1.82, 2.24) is 19.6 Å². The van der Waals surface area contributed by atoms with Crippen LogP contribution in [0.25, 0.3) is 10.2 Å². The number of pyridine rings is 1. The number of carbonyl (C=O) groups excluding carboxylic acids is 2. The van der Waals surface area contributed by atoms with Gasteiger partial charge in [0.05, 0.1) is 15.7 Å². The summed E-state index contributed by atoms with van der Waals surface area (Å²) in [5, 5.41) is 2.45. The molecule has 0 bridgehead atoms. The van der Waals surface area contributed by atoms with Crippen molar-refractivity contribution >= 4 is 68.7 Å². The first-order valence-electron chi connectivity index (χ1n) is 12.1.